The summed E-state index contributed by atoms with van der Waals surface area (Å²) in [5, 5.41) is 7.17. The van der Waals surface area contributed by atoms with E-state index in [0.717, 1.165) is 23.9 Å². The van der Waals surface area contributed by atoms with Crippen LogP contribution in [0.5, 0.6) is 0 Å². The summed E-state index contributed by atoms with van der Waals surface area (Å²) >= 11 is 0. The zero-order valence-electron chi connectivity index (χ0n) is 14.3. The van der Waals surface area contributed by atoms with Gasteiger partial charge in [0, 0.05) is 41.9 Å². The van der Waals surface area contributed by atoms with Crippen molar-refractivity contribution in [2.75, 3.05) is 23.3 Å². The van der Waals surface area contributed by atoms with E-state index in [2.05, 4.69) is 20.5 Å². The second-order valence-electron chi connectivity index (χ2n) is 6.32. The van der Waals surface area contributed by atoms with Crippen molar-refractivity contribution in [1.82, 2.24) is 10.3 Å². The third kappa shape index (κ3) is 3.81. The molecule has 0 radical (unpaired) electrons. The van der Waals surface area contributed by atoms with Crippen molar-refractivity contribution < 1.29 is 9.59 Å². The Kier molecular flexibility index (Phi) is 5.02. The van der Waals surface area contributed by atoms with Gasteiger partial charge in [-0.3, -0.25) is 9.78 Å². The summed E-state index contributed by atoms with van der Waals surface area (Å²) in [5.41, 5.74) is 6.91. The second kappa shape index (κ2) is 7.38. The molecule has 2 aromatic rings. The van der Waals surface area contributed by atoms with Crippen LogP contribution in [0.15, 0.2) is 30.6 Å². The van der Waals surface area contributed by atoms with Gasteiger partial charge in [0.25, 0.3) is 0 Å². The summed E-state index contributed by atoms with van der Waals surface area (Å²) < 4.78 is 0. The molecule has 1 unspecified atom stereocenters. The molecule has 7 nitrogen and oxygen atoms in total. The maximum atomic E-state index is 12.3. The molecular weight excluding hydrogens is 318 g/mol. The Morgan fingerprint density at radius 1 is 1.16 bits per heavy atom. The molecule has 1 aromatic heterocycles. The lowest BCUT2D eigenvalue weighted by Gasteiger charge is -2.30. The summed E-state index contributed by atoms with van der Waals surface area (Å²) in [6.45, 7) is 3.67. The number of anilines is 2. The first-order chi connectivity index (χ1) is 12.1. The number of nitrogens with zero attached hydrogens (tertiary/aromatic N) is 2. The van der Waals surface area contributed by atoms with Crippen molar-refractivity contribution >= 4 is 34.1 Å². The molecule has 7 heteroatoms. The lowest BCUT2D eigenvalue weighted by molar-refractivity contribution is -0.117. The van der Waals surface area contributed by atoms with Crippen LogP contribution in [0.3, 0.4) is 0 Å². The number of primary amides is 1. The quantitative estimate of drug-likeness (QED) is 0.794. The minimum absolute atomic E-state index is 0.324. The van der Waals surface area contributed by atoms with Crippen molar-refractivity contribution in [2.24, 2.45) is 5.73 Å². The Labute approximate surface area is 146 Å². The number of amides is 3. The molecule has 4 N–H and O–H groups in total. The van der Waals surface area contributed by atoms with Gasteiger partial charge in [0.15, 0.2) is 0 Å². The Bertz CT molecular complexity index is 786. The molecule has 2 heterocycles. The molecule has 0 bridgehead atoms. The highest BCUT2D eigenvalue weighted by atomic mass is 16.2. The molecule has 25 heavy (non-hydrogen) atoms. The summed E-state index contributed by atoms with van der Waals surface area (Å²) in [7, 11) is 0. The number of hydrogen-bond donors (Lipinski definition) is 3. The Morgan fingerprint density at radius 3 is 2.64 bits per heavy atom. The number of fused-ring (bicyclic) bond motifs is 1. The van der Waals surface area contributed by atoms with Crippen molar-refractivity contribution in [3.63, 3.8) is 0 Å². The fraction of sp³-hybridized carbons (Fsp3) is 0.389. The highest BCUT2D eigenvalue weighted by Gasteiger charge is 2.18. The first-order valence-corrected chi connectivity index (χ1v) is 8.55. The van der Waals surface area contributed by atoms with E-state index in [9.17, 15) is 9.59 Å². The fourth-order valence-electron chi connectivity index (χ4n) is 3.21. The number of carbonyl (C=O) groups is 2. The van der Waals surface area contributed by atoms with E-state index >= 15 is 0 Å². The van der Waals surface area contributed by atoms with E-state index in [0.29, 0.717) is 5.69 Å². The SMILES string of the molecule is CC(NC(N)=O)C(=O)Nc1ccc(N2CCCCC2)c2ccncc12. The van der Waals surface area contributed by atoms with E-state index in [-0.39, 0.29) is 5.91 Å². The molecule has 1 aliphatic rings. The molecule has 3 amide bonds. The average molecular weight is 341 g/mol. The Balaban J connectivity index is 1.90. The van der Waals surface area contributed by atoms with Gasteiger partial charge in [-0.25, -0.2) is 4.79 Å². The van der Waals surface area contributed by atoms with Crippen LogP contribution in [-0.4, -0.2) is 36.1 Å². The first-order valence-electron chi connectivity index (χ1n) is 8.55. The van der Waals surface area contributed by atoms with Crippen LogP contribution in [0.2, 0.25) is 0 Å². The lowest BCUT2D eigenvalue weighted by atomic mass is 10.0. The van der Waals surface area contributed by atoms with Gasteiger partial charge < -0.3 is 21.3 Å². The number of hydrogen-bond acceptors (Lipinski definition) is 4. The number of piperidine rings is 1. The third-order valence-corrected chi connectivity index (χ3v) is 4.50. The zero-order chi connectivity index (χ0) is 17.8. The summed E-state index contributed by atoms with van der Waals surface area (Å²) in [6, 6.07) is 4.46. The number of urea groups is 1. The molecule has 1 aromatic carbocycles. The van der Waals surface area contributed by atoms with Crippen molar-refractivity contribution in [2.45, 2.75) is 32.2 Å². The van der Waals surface area contributed by atoms with E-state index in [1.165, 1.54) is 24.9 Å². The standard InChI is InChI=1S/C18H23N5O2/c1-12(21-18(19)25)17(24)22-15-5-6-16(23-9-3-2-4-10-23)13-7-8-20-11-14(13)15/h5-8,11-12H,2-4,9-10H2,1H3,(H,22,24)(H3,19,21,25). The maximum absolute atomic E-state index is 12.3. The first kappa shape index (κ1) is 17.0. The minimum Gasteiger partial charge on any atom is -0.371 e. The van der Waals surface area contributed by atoms with Crippen molar-refractivity contribution in [3.05, 3.63) is 30.6 Å². The minimum atomic E-state index is -0.727. The topological polar surface area (TPSA) is 100 Å². The van der Waals surface area contributed by atoms with Crippen molar-refractivity contribution in [3.8, 4) is 0 Å². The average Bonchev–Trinajstić information content (AvgIpc) is 2.62. The number of pyridine rings is 1. The van der Waals surface area contributed by atoms with E-state index in [4.69, 9.17) is 5.73 Å². The largest absolute Gasteiger partial charge is 0.371 e. The number of benzene rings is 1. The van der Waals surface area contributed by atoms with Gasteiger partial charge >= 0.3 is 6.03 Å². The van der Waals surface area contributed by atoms with Gasteiger partial charge in [0.05, 0.1) is 5.69 Å². The highest BCUT2D eigenvalue weighted by Crippen LogP contribution is 2.33. The summed E-state index contributed by atoms with van der Waals surface area (Å²) in [4.78, 5) is 29.8. The van der Waals surface area contributed by atoms with Crippen LogP contribution in [0.1, 0.15) is 26.2 Å². The van der Waals surface area contributed by atoms with Gasteiger partial charge in [0.2, 0.25) is 5.91 Å². The smallest absolute Gasteiger partial charge is 0.312 e. The Morgan fingerprint density at radius 2 is 1.92 bits per heavy atom. The normalized spacial score (nSPS) is 15.6. The predicted molar refractivity (Wildman–Crippen MR) is 98.6 cm³/mol. The van der Waals surface area contributed by atoms with Crippen LogP contribution in [-0.2, 0) is 4.79 Å². The van der Waals surface area contributed by atoms with Gasteiger partial charge in [-0.05, 0) is 44.4 Å². The van der Waals surface area contributed by atoms with Gasteiger partial charge in [0.1, 0.15) is 6.04 Å². The van der Waals surface area contributed by atoms with Crippen LogP contribution >= 0.6 is 0 Å². The van der Waals surface area contributed by atoms with E-state index in [1.54, 1.807) is 19.3 Å². The summed E-state index contributed by atoms with van der Waals surface area (Å²) in [6.07, 6.45) is 7.18. The van der Waals surface area contributed by atoms with Crippen LogP contribution in [0.4, 0.5) is 16.2 Å². The van der Waals surface area contributed by atoms with Crippen LogP contribution in [0, 0.1) is 0 Å². The monoisotopic (exact) mass is 341 g/mol. The molecule has 132 valence electrons. The predicted octanol–water partition coefficient (Wildman–Crippen LogP) is 2.22. The van der Waals surface area contributed by atoms with Crippen LogP contribution < -0.4 is 21.3 Å². The number of rotatable bonds is 4. The highest BCUT2D eigenvalue weighted by molar-refractivity contribution is 6.07. The van der Waals surface area contributed by atoms with Gasteiger partial charge in [-0.2, -0.15) is 0 Å². The molecule has 0 spiro atoms. The molecular formula is C18H23N5O2. The number of nitrogens with two attached hydrogens (primary N) is 1. The molecule has 1 atom stereocenters. The third-order valence-electron chi connectivity index (χ3n) is 4.50. The zero-order valence-corrected chi connectivity index (χ0v) is 14.3. The van der Waals surface area contributed by atoms with E-state index < -0.39 is 12.1 Å². The number of carbonyl (C=O) groups excluding carboxylic acids is 2. The molecule has 0 saturated carbocycles. The Hall–Kier alpha value is -2.83. The fourth-order valence-corrected chi connectivity index (χ4v) is 3.21. The molecule has 0 aliphatic carbocycles. The second-order valence-corrected chi connectivity index (χ2v) is 6.32. The van der Waals surface area contributed by atoms with Gasteiger partial charge in [-0.15, -0.1) is 0 Å². The maximum Gasteiger partial charge on any atom is 0.312 e. The number of nitrogens with one attached hydrogen (secondary N) is 2. The molecule has 1 saturated heterocycles. The lowest BCUT2D eigenvalue weighted by Crippen LogP contribution is -2.44. The van der Waals surface area contributed by atoms with Gasteiger partial charge in [-0.1, -0.05) is 0 Å². The molecule has 1 aliphatic heterocycles. The van der Waals surface area contributed by atoms with Crippen molar-refractivity contribution in [1.29, 1.82) is 0 Å². The van der Waals surface area contributed by atoms with E-state index in [1.807, 2.05) is 18.2 Å². The van der Waals surface area contributed by atoms with Crippen LogP contribution in [0.25, 0.3) is 10.8 Å². The molecule has 1 fully saturated rings. The summed E-state index contributed by atoms with van der Waals surface area (Å²) in [5.74, 6) is -0.324. The molecule has 3 rings (SSSR count). The number of aromatic nitrogens is 1.